The van der Waals surface area contributed by atoms with E-state index < -0.39 is 10.0 Å². The normalized spacial score (nSPS) is 11.6. The summed E-state index contributed by atoms with van der Waals surface area (Å²) in [7, 11) is -2.30. The van der Waals surface area contributed by atoms with E-state index in [0.717, 1.165) is 5.56 Å². The smallest absolute Gasteiger partial charge is 0.276 e. The van der Waals surface area contributed by atoms with Gasteiger partial charge in [-0.1, -0.05) is 12.1 Å². The van der Waals surface area contributed by atoms with Gasteiger partial charge in [0.1, 0.15) is 0 Å². The van der Waals surface area contributed by atoms with Gasteiger partial charge < -0.3 is 9.84 Å². The standard InChI is InChI=1S/C16H18N2O4S/c1-11-4-5-12(2)16(8-11)23(20,21)18-17-10-13-6-7-15(22-3)14(19)9-13/h4-10,18-19H,1-3H3. The molecule has 7 heteroatoms. The van der Waals surface area contributed by atoms with Gasteiger partial charge in [0.15, 0.2) is 11.5 Å². The topological polar surface area (TPSA) is 88.0 Å². The van der Waals surface area contributed by atoms with Crippen molar-refractivity contribution in [2.24, 2.45) is 5.10 Å². The first-order chi connectivity index (χ1) is 10.8. The van der Waals surface area contributed by atoms with Crippen LogP contribution in [0.2, 0.25) is 0 Å². The molecule has 0 amide bonds. The van der Waals surface area contributed by atoms with Gasteiger partial charge in [0, 0.05) is 0 Å². The molecule has 122 valence electrons. The van der Waals surface area contributed by atoms with Crippen LogP contribution in [0.5, 0.6) is 11.5 Å². The third-order valence-corrected chi connectivity index (χ3v) is 4.59. The number of nitrogens with one attached hydrogen (secondary N) is 1. The number of benzene rings is 2. The van der Waals surface area contributed by atoms with Crippen molar-refractivity contribution in [3.63, 3.8) is 0 Å². The second-order valence-electron chi connectivity index (χ2n) is 5.05. The fourth-order valence-electron chi connectivity index (χ4n) is 2.00. The van der Waals surface area contributed by atoms with E-state index in [1.54, 1.807) is 31.2 Å². The summed E-state index contributed by atoms with van der Waals surface area (Å²) < 4.78 is 29.5. The summed E-state index contributed by atoms with van der Waals surface area (Å²) in [6.07, 6.45) is 1.31. The molecule has 2 rings (SSSR count). The number of aryl methyl sites for hydroxylation is 2. The Bertz CT molecular complexity index is 845. The number of nitrogens with zero attached hydrogens (tertiary/aromatic N) is 1. The van der Waals surface area contributed by atoms with E-state index in [9.17, 15) is 13.5 Å². The molecule has 23 heavy (non-hydrogen) atoms. The zero-order valence-corrected chi connectivity index (χ0v) is 13.9. The van der Waals surface area contributed by atoms with Crippen molar-refractivity contribution < 1.29 is 18.3 Å². The van der Waals surface area contributed by atoms with Gasteiger partial charge >= 0.3 is 0 Å². The Morgan fingerprint density at radius 2 is 1.91 bits per heavy atom. The number of ether oxygens (including phenoxy) is 1. The fraction of sp³-hybridized carbons (Fsp3) is 0.188. The van der Waals surface area contributed by atoms with Crippen LogP contribution >= 0.6 is 0 Å². The Hall–Kier alpha value is -2.54. The lowest BCUT2D eigenvalue weighted by atomic mass is 10.2. The Balaban J connectivity index is 2.19. The van der Waals surface area contributed by atoms with Gasteiger partial charge in [-0.15, -0.1) is 0 Å². The van der Waals surface area contributed by atoms with E-state index in [1.807, 2.05) is 13.0 Å². The second-order valence-corrected chi connectivity index (χ2v) is 6.68. The number of methoxy groups -OCH3 is 1. The Morgan fingerprint density at radius 1 is 1.17 bits per heavy atom. The number of hydrazone groups is 1. The lowest BCUT2D eigenvalue weighted by Crippen LogP contribution is -2.19. The third kappa shape index (κ3) is 4.01. The first kappa shape index (κ1) is 16.8. The average molecular weight is 334 g/mol. The van der Waals surface area contributed by atoms with E-state index >= 15 is 0 Å². The summed E-state index contributed by atoms with van der Waals surface area (Å²) in [6, 6.07) is 9.82. The van der Waals surface area contributed by atoms with E-state index in [1.165, 1.54) is 19.4 Å². The number of sulfonamides is 1. The third-order valence-electron chi connectivity index (χ3n) is 3.22. The van der Waals surface area contributed by atoms with Crippen molar-refractivity contribution in [3.8, 4) is 11.5 Å². The highest BCUT2D eigenvalue weighted by molar-refractivity contribution is 7.89. The van der Waals surface area contributed by atoms with Gasteiger partial charge in [-0.25, -0.2) is 4.83 Å². The summed E-state index contributed by atoms with van der Waals surface area (Å²) in [5, 5.41) is 13.4. The van der Waals surface area contributed by atoms with Crippen LogP contribution in [-0.4, -0.2) is 26.8 Å². The minimum atomic E-state index is -3.74. The first-order valence-corrected chi connectivity index (χ1v) is 8.31. The van der Waals surface area contributed by atoms with Crippen molar-refractivity contribution >= 4 is 16.2 Å². The van der Waals surface area contributed by atoms with E-state index in [4.69, 9.17) is 4.74 Å². The van der Waals surface area contributed by atoms with Crippen LogP contribution in [0.3, 0.4) is 0 Å². The molecule has 0 aliphatic carbocycles. The van der Waals surface area contributed by atoms with E-state index in [0.29, 0.717) is 16.9 Å². The highest BCUT2D eigenvalue weighted by Crippen LogP contribution is 2.25. The van der Waals surface area contributed by atoms with Crippen molar-refractivity contribution in [1.29, 1.82) is 0 Å². The monoisotopic (exact) mass is 334 g/mol. The number of aromatic hydroxyl groups is 1. The zero-order chi connectivity index (χ0) is 17.0. The predicted octanol–water partition coefficient (Wildman–Crippen LogP) is 2.33. The van der Waals surface area contributed by atoms with Crippen LogP contribution in [0.15, 0.2) is 46.4 Å². The average Bonchev–Trinajstić information content (AvgIpc) is 2.49. The number of hydrogen-bond donors (Lipinski definition) is 2. The quantitative estimate of drug-likeness (QED) is 0.649. The highest BCUT2D eigenvalue weighted by atomic mass is 32.2. The molecule has 0 atom stereocenters. The molecular weight excluding hydrogens is 316 g/mol. The van der Waals surface area contributed by atoms with E-state index in [2.05, 4.69) is 9.93 Å². The molecule has 2 N–H and O–H groups in total. The number of rotatable bonds is 5. The first-order valence-electron chi connectivity index (χ1n) is 6.82. The molecule has 0 fully saturated rings. The Morgan fingerprint density at radius 3 is 2.57 bits per heavy atom. The van der Waals surface area contributed by atoms with E-state index in [-0.39, 0.29) is 10.6 Å². The van der Waals surface area contributed by atoms with Crippen molar-refractivity contribution in [3.05, 3.63) is 53.1 Å². The molecule has 0 aromatic heterocycles. The van der Waals surface area contributed by atoms with Gasteiger partial charge in [0.05, 0.1) is 18.2 Å². The van der Waals surface area contributed by atoms with Crippen LogP contribution in [0, 0.1) is 13.8 Å². The van der Waals surface area contributed by atoms with Crippen molar-refractivity contribution in [2.75, 3.05) is 7.11 Å². The maximum Gasteiger partial charge on any atom is 0.276 e. The van der Waals surface area contributed by atoms with Gasteiger partial charge in [-0.3, -0.25) is 0 Å². The minimum absolute atomic E-state index is 0.0474. The highest BCUT2D eigenvalue weighted by Gasteiger charge is 2.15. The summed E-state index contributed by atoms with van der Waals surface area (Å²) in [6.45, 7) is 3.54. The fourth-order valence-corrected chi connectivity index (χ4v) is 3.13. The van der Waals surface area contributed by atoms with Gasteiger partial charge in [-0.2, -0.15) is 13.5 Å². The SMILES string of the molecule is COc1ccc(C=NNS(=O)(=O)c2cc(C)ccc2C)cc1O. The van der Waals surface area contributed by atoms with Crippen molar-refractivity contribution in [2.45, 2.75) is 18.7 Å². The summed E-state index contributed by atoms with van der Waals surface area (Å²) in [4.78, 5) is 2.36. The lowest BCUT2D eigenvalue weighted by molar-refractivity contribution is 0.373. The molecule has 0 heterocycles. The van der Waals surface area contributed by atoms with Crippen LogP contribution in [0.1, 0.15) is 16.7 Å². The number of phenolic OH excluding ortho intramolecular Hbond substituents is 1. The molecule has 0 saturated carbocycles. The lowest BCUT2D eigenvalue weighted by Gasteiger charge is -2.07. The van der Waals surface area contributed by atoms with Crippen LogP contribution in [0.25, 0.3) is 0 Å². The molecule has 0 aliphatic heterocycles. The van der Waals surface area contributed by atoms with Gasteiger partial charge in [0.25, 0.3) is 10.0 Å². The molecule has 6 nitrogen and oxygen atoms in total. The maximum atomic E-state index is 12.3. The predicted molar refractivity (Wildman–Crippen MR) is 88.5 cm³/mol. The molecule has 0 aliphatic rings. The molecular formula is C16H18N2O4S. The molecule has 2 aromatic rings. The molecule has 0 saturated heterocycles. The molecule has 0 bridgehead atoms. The van der Waals surface area contributed by atoms with Crippen molar-refractivity contribution in [1.82, 2.24) is 4.83 Å². The summed E-state index contributed by atoms with van der Waals surface area (Å²) in [5.74, 6) is 0.284. The number of hydrogen-bond acceptors (Lipinski definition) is 5. The molecule has 0 radical (unpaired) electrons. The largest absolute Gasteiger partial charge is 0.504 e. The van der Waals surface area contributed by atoms with Crippen LogP contribution in [-0.2, 0) is 10.0 Å². The maximum absolute atomic E-state index is 12.3. The summed E-state index contributed by atoms with van der Waals surface area (Å²) >= 11 is 0. The van der Waals surface area contributed by atoms with Gasteiger partial charge in [-0.05, 0) is 54.8 Å². The molecule has 0 unspecified atom stereocenters. The zero-order valence-electron chi connectivity index (χ0n) is 13.1. The Kier molecular flexibility index (Phi) is 4.90. The molecule has 2 aromatic carbocycles. The minimum Gasteiger partial charge on any atom is -0.504 e. The van der Waals surface area contributed by atoms with Gasteiger partial charge in [0.2, 0.25) is 0 Å². The van der Waals surface area contributed by atoms with Crippen LogP contribution < -0.4 is 9.57 Å². The molecule has 0 spiro atoms. The summed E-state index contributed by atoms with van der Waals surface area (Å²) in [5.41, 5.74) is 2.02. The van der Waals surface area contributed by atoms with Crippen LogP contribution in [0.4, 0.5) is 0 Å². The number of phenols is 1. The Labute approximate surface area is 135 Å². The second kappa shape index (κ2) is 6.70.